The van der Waals surface area contributed by atoms with Crippen LogP contribution in [0.25, 0.3) is 11.1 Å². The van der Waals surface area contributed by atoms with Gasteiger partial charge in [0.05, 0.1) is 18.5 Å². The van der Waals surface area contributed by atoms with Crippen LogP contribution in [0.1, 0.15) is 20.8 Å². The first kappa shape index (κ1) is 16.7. The highest BCUT2D eigenvalue weighted by Gasteiger charge is 2.17. The molecule has 5 nitrogen and oxygen atoms in total. The molecule has 122 valence electrons. The van der Waals surface area contributed by atoms with Crippen molar-refractivity contribution in [3.05, 3.63) is 42.5 Å². The lowest BCUT2D eigenvalue weighted by molar-refractivity contribution is 0.0636. The quantitative estimate of drug-likeness (QED) is 0.829. The molecule has 0 heterocycles. The molecule has 0 aromatic heterocycles. The highest BCUT2D eigenvalue weighted by Crippen LogP contribution is 2.28. The highest BCUT2D eigenvalue weighted by atomic mass is 16.6. The van der Waals surface area contributed by atoms with E-state index in [4.69, 9.17) is 15.2 Å². The third-order valence-corrected chi connectivity index (χ3v) is 3.11. The van der Waals surface area contributed by atoms with Crippen molar-refractivity contribution in [1.29, 1.82) is 0 Å². The predicted octanol–water partition coefficient (Wildman–Crippen LogP) is 4.29. The van der Waals surface area contributed by atoms with Crippen molar-refractivity contribution in [3.63, 3.8) is 0 Å². The summed E-state index contributed by atoms with van der Waals surface area (Å²) in [6.07, 6.45) is -0.526. The average molecular weight is 314 g/mol. The van der Waals surface area contributed by atoms with Gasteiger partial charge in [-0.25, -0.2) is 4.79 Å². The second-order valence-corrected chi connectivity index (χ2v) is 6.16. The number of hydrogen-bond acceptors (Lipinski definition) is 4. The Balaban J connectivity index is 2.15. The summed E-state index contributed by atoms with van der Waals surface area (Å²) < 4.78 is 10.4. The molecule has 0 fully saturated rings. The summed E-state index contributed by atoms with van der Waals surface area (Å²) in [5.41, 5.74) is 8.45. The van der Waals surface area contributed by atoms with Crippen molar-refractivity contribution < 1.29 is 14.3 Å². The summed E-state index contributed by atoms with van der Waals surface area (Å²) >= 11 is 0. The van der Waals surface area contributed by atoms with Crippen LogP contribution in [0.2, 0.25) is 0 Å². The Morgan fingerprint density at radius 2 is 1.65 bits per heavy atom. The van der Waals surface area contributed by atoms with Crippen molar-refractivity contribution in [2.45, 2.75) is 26.4 Å². The van der Waals surface area contributed by atoms with E-state index in [-0.39, 0.29) is 0 Å². The standard InChI is InChI=1S/C18H22N2O3/c1-18(2,3)23-17(21)20-16-10-7-13(11-15(16)19)12-5-8-14(22-4)9-6-12/h5-11H,19H2,1-4H3,(H,20,21). The summed E-state index contributed by atoms with van der Waals surface area (Å²) in [4.78, 5) is 11.8. The number of anilines is 2. The summed E-state index contributed by atoms with van der Waals surface area (Å²) in [6.45, 7) is 5.42. The van der Waals surface area contributed by atoms with Gasteiger partial charge in [-0.15, -0.1) is 0 Å². The Hall–Kier alpha value is -2.69. The highest BCUT2D eigenvalue weighted by molar-refractivity contribution is 5.90. The number of rotatable bonds is 3. The molecule has 0 aliphatic rings. The van der Waals surface area contributed by atoms with E-state index in [2.05, 4.69) is 5.32 Å². The van der Waals surface area contributed by atoms with Crippen LogP contribution in [-0.4, -0.2) is 18.8 Å². The first-order chi connectivity index (χ1) is 10.8. The van der Waals surface area contributed by atoms with Gasteiger partial charge < -0.3 is 15.2 Å². The summed E-state index contributed by atoms with van der Waals surface area (Å²) in [5.74, 6) is 0.796. The molecule has 2 aromatic rings. The molecular weight excluding hydrogens is 292 g/mol. The van der Waals surface area contributed by atoms with Crippen LogP contribution < -0.4 is 15.8 Å². The molecule has 23 heavy (non-hydrogen) atoms. The molecule has 0 bridgehead atoms. The Morgan fingerprint density at radius 3 is 2.17 bits per heavy atom. The number of hydrogen-bond donors (Lipinski definition) is 2. The van der Waals surface area contributed by atoms with Gasteiger partial charge in [0.1, 0.15) is 11.4 Å². The first-order valence-electron chi connectivity index (χ1n) is 7.32. The van der Waals surface area contributed by atoms with E-state index < -0.39 is 11.7 Å². The topological polar surface area (TPSA) is 73.6 Å². The largest absolute Gasteiger partial charge is 0.497 e. The molecule has 1 amide bonds. The lowest BCUT2D eigenvalue weighted by Crippen LogP contribution is -2.27. The Morgan fingerprint density at radius 1 is 1.04 bits per heavy atom. The third-order valence-electron chi connectivity index (χ3n) is 3.11. The number of ether oxygens (including phenoxy) is 2. The van der Waals surface area contributed by atoms with E-state index in [9.17, 15) is 4.79 Å². The molecule has 0 aliphatic heterocycles. The van der Waals surface area contributed by atoms with Crippen LogP contribution in [-0.2, 0) is 4.74 Å². The van der Waals surface area contributed by atoms with Gasteiger partial charge in [0.15, 0.2) is 0 Å². The fraction of sp³-hybridized carbons (Fsp3) is 0.278. The molecule has 0 aliphatic carbocycles. The number of nitrogens with one attached hydrogen (secondary N) is 1. The van der Waals surface area contributed by atoms with Gasteiger partial charge in [-0.05, 0) is 56.2 Å². The maximum Gasteiger partial charge on any atom is 0.412 e. The molecule has 3 N–H and O–H groups in total. The van der Waals surface area contributed by atoms with E-state index in [1.54, 1.807) is 13.2 Å². The lowest BCUT2D eigenvalue weighted by atomic mass is 10.0. The Bertz CT molecular complexity index is 688. The van der Waals surface area contributed by atoms with E-state index in [0.29, 0.717) is 11.4 Å². The minimum atomic E-state index is -0.554. The zero-order valence-electron chi connectivity index (χ0n) is 13.8. The number of amides is 1. The fourth-order valence-corrected chi connectivity index (χ4v) is 2.05. The van der Waals surface area contributed by atoms with Crippen LogP contribution in [0.4, 0.5) is 16.2 Å². The van der Waals surface area contributed by atoms with Crippen LogP contribution in [0.3, 0.4) is 0 Å². The molecule has 5 heteroatoms. The Kier molecular flexibility index (Phi) is 4.79. The van der Waals surface area contributed by atoms with Crippen molar-refractivity contribution >= 4 is 17.5 Å². The molecule has 0 saturated heterocycles. The second kappa shape index (κ2) is 6.60. The molecule has 0 unspecified atom stereocenters. The van der Waals surface area contributed by atoms with Crippen LogP contribution in [0, 0.1) is 0 Å². The zero-order valence-corrected chi connectivity index (χ0v) is 13.8. The predicted molar refractivity (Wildman–Crippen MR) is 92.7 cm³/mol. The number of methoxy groups -OCH3 is 1. The van der Waals surface area contributed by atoms with E-state index in [1.165, 1.54) is 0 Å². The van der Waals surface area contributed by atoms with Gasteiger partial charge in [-0.2, -0.15) is 0 Å². The van der Waals surface area contributed by atoms with Gasteiger partial charge in [0.25, 0.3) is 0 Å². The summed E-state index contributed by atoms with van der Waals surface area (Å²) in [5, 5.41) is 2.66. The molecule has 2 rings (SSSR count). The summed E-state index contributed by atoms with van der Waals surface area (Å²) in [6, 6.07) is 13.2. The average Bonchev–Trinajstić information content (AvgIpc) is 2.47. The minimum absolute atomic E-state index is 0.476. The number of benzene rings is 2. The van der Waals surface area contributed by atoms with E-state index in [0.717, 1.165) is 16.9 Å². The zero-order chi connectivity index (χ0) is 17.0. The van der Waals surface area contributed by atoms with Crippen molar-refractivity contribution in [2.75, 3.05) is 18.2 Å². The van der Waals surface area contributed by atoms with Gasteiger partial charge in [-0.3, -0.25) is 5.32 Å². The van der Waals surface area contributed by atoms with Crippen LogP contribution in [0.5, 0.6) is 5.75 Å². The van der Waals surface area contributed by atoms with Gasteiger partial charge in [0.2, 0.25) is 0 Å². The smallest absolute Gasteiger partial charge is 0.412 e. The maximum atomic E-state index is 11.8. The minimum Gasteiger partial charge on any atom is -0.497 e. The second-order valence-electron chi connectivity index (χ2n) is 6.16. The van der Waals surface area contributed by atoms with Crippen LogP contribution >= 0.6 is 0 Å². The van der Waals surface area contributed by atoms with Gasteiger partial charge >= 0.3 is 6.09 Å². The maximum absolute atomic E-state index is 11.8. The fourth-order valence-electron chi connectivity index (χ4n) is 2.05. The van der Waals surface area contributed by atoms with E-state index >= 15 is 0 Å². The van der Waals surface area contributed by atoms with Gasteiger partial charge in [-0.1, -0.05) is 18.2 Å². The molecule has 0 radical (unpaired) electrons. The monoisotopic (exact) mass is 314 g/mol. The summed E-state index contributed by atoms with van der Waals surface area (Å²) in [7, 11) is 1.63. The third kappa shape index (κ3) is 4.64. The van der Waals surface area contributed by atoms with Crippen molar-refractivity contribution in [2.24, 2.45) is 0 Å². The number of nitrogen functional groups attached to an aromatic ring is 1. The molecule has 0 saturated carbocycles. The van der Waals surface area contributed by atoms with Crippen molar-refractivity contribution in [1.82, 2.24) is 0 Å². The molecule has 0 atom stereocenters. The van der Waals surface area contributed by atoms with Gasteiger partial charge in [0, 0.05) is 0 Å². The molecule has 0 spiro atoms. The van der Waals surface area contributed by atoms with Crippen molar-refractivity contribution in [3.8, 4) is 16.9 Å². The normalized spacial score (nSPS) is 11.0. The molecular formula is C18H22N2O3. The number of carbonyl (C=O) groups is 1. The Labute approximate surface area is 136 Å². The first-order valence-corrected chi connectivity index (χ1v) is 7.32. The molecule has 2 aromatic carbocycles. The number of nitrogens with two attached hydrogens (primary N) is 1. The van der Waals surface area contributed by atoms with E-state index in [1.807, 2.05) is 57.2 Å². The number of carbonyl (C=O) groups excluding carboxylic acids is 1. The van der Waals surface area contributed by atoms with Crippen LogP contribution in [0.15, 0.2) is 42.5 Å². The lowest BCUT2D eigenvalue weighted by Gasteiger charge is -2.20. The SMILES string of the molecule is COc1ccc(-c2ccc(NC(=O)OC(C)(C)C)c(N)c2)cc1.